The Labute approximate surface area is 118 Å². The van der Waals surface area contributed by atoms with Crippen LogP contribution in [0.2, 0.25) is 0 Å². The van der Waals surface area contributed by atoms with E-state index in [1.165, 1.54) is 36.9 Å². The van der Waals surface area contributed by atoms with Gasteiger partial charge in [0, 0.05) is 18.6 Å². The lowest BCUT2D eigenvalue weighted by atomic mass is 10.1. The van der Waals surface area contributed by atoms with Gasteiger partial charge in [-0.3, -0.25) is 4.90 Å². The minimum Gasteiger partial charge on any atom is -0.312 e. The molecule has 2 nitrogen and oxygen atoms in total. The molecule has 0 fully saturated rings. The monoisotopic (exact) mass is 260 g/mol. The summed E-state index contributed by atoms with van der Waals surface area (Å²) in [6, 6.07) is 8.84. The van der Waals surface area contributed by atoms with Crippen LogP contribution in [0.25, 0.3) is 0 Å². The fourth-order valence-corrected chi connectivity index (χ4v) is 2.66. The van der Waals surface area contributed by atoms with Crippen molar-refractivity contribution in [1.29, 1.82) is 0 Å². The van der Waals surface area contributed by atoms with E-state index in [9.17, 15) is 0 Å². The SMILES string of the molecule is CC(C)(C)NCCCCCN1Cc2ccccc2C1. The van der Waals surface area contributed by atoms with Crippen LogP contribution in [-0.4, -0.2) is 23.5 Å². The molecule has 0 spiro atoms. The molecule has 2 rings (SSSR count). The number of rotatable bonds is 6. The highest BCUT2D eigenvalue weighted by atomic mass is 15.1. The van der Waals surface area contributed by atoms with Gasteiger partial charge in [-0.25, -0.2) is 0 Å². The van der Waals surface area contributed by atoms with Gasteiger partial charge in [-0.15, -0.1) is 0 Å². The average molecular weight is 260 g/mol. The minimum atomic E-state index is 0.261. The molecule has 0 atom stereocenters. The van der Waals surface area contributed by atoms with Crippen molar-refractivity contribution in [3.8, 4) is 0 Å². The summed E-state index contributed by atoms with van der Waals surface area (Å²) in [5.74, 6) is 0. The predicted molar refractivity (Wildman–Crippen MR) is 82.2 cm³/mol. The van der Waals surface area contributed by atoms with Crippen LogP contribution < -0.4 is 5.32 Å². The van der Waals surface area contributed by atoms with Gasteiger partial charge in [-0.1, -0.05) is 30.7 Å². The summed E-state index contributed by atoms with van der Waals surface area (Å²) >= 11 is 0. The summed E-state index contributed by atoms with van der Waals surface area (Å²) in [4.78, 5) is 2.57. The quantitative estimate of drug-likeness (QED) is 0.787. The summed E-state index contributed by atoms with van der Waals surface area (Å²) < 4.78 is 0. The fourth-order valence-electron chi connectivity index (χ4n) is 2.66. The normalized spacial score (nSPS) is 15.7. The molecule has 0 bridgehead atoms. The third-order valence-electron chi connectivity index (χ3n) is 3.71. The van der Waals surface area contributed by atoms with E-state index in [2.05, 4.69) is 55.3 Å². The van der Waals surface area contributed by atoms with Crippen LogP contribution in [0.4, 0.5) is 0 Å². The average Bonchev–Trinajstić information content (AvgIpc) is 2.74. The molecular formula is C17H28N2. The third-order valence-corrected chi connectivity index (χ3v) is 3.71. The number of fused-ring (bicyclic) bond motifs is 1. The molecule has 1 aliphatic rings. The Kier molecular flexibility index (Phi) is 5.00. The maximum Gasteiger partial charge on any atom is 0.0240 e. The first-order chi connectivity index (χ1) is 9.04. The van der Waals surface area contributed by atoms with Gasteiger partial charge in [0.2, 0.25) is 0 Å². The summed E-state index contributed by atoms with van der Waals surface area (Å²) in [5.41, 5.74) is 3.31. The largest absolute Gasteiger partial charge is 0.312 e. The van der Waals surface area contributed by atoms with Gasteiger partial charge in [0.25, 0.3) is 0 Å². The Bertz CT molecular complexity index is 367. The van der Waals surface area contributed by atoms with Crippen LogP contribution in [0.1, 0.15) is 51.2 Å². The molecule has 0 saturated heterocycles. The van der Waals surface area contributed by atoms with E-state index in [0.717, 1.165) is 19.6 Å². The summed E-state index contributed by atoms with van der Waals surface area (Å²) in [5, 5.41) is 3.55. The fraction of sp³-hybridized carbons (Fsp3) is 0.647. The Balaban J connectivity index is 1.56. The first-order valence-electron chi connectivity index (χ1n) is 7.59. The molecule has 0 radical (unpaired) electrons. The smallest absolute Gasteiger partial charge is 0.0240 e. The van der Waals surface area contributed by atoms with Crippen molar-refractivity contribution < 1.29 is 0 Å². The van der Waals surface area contributed by atoms with Crippen molar-refractivity contribution in [3.63, 3.8) is 0 Å². The summed E-state index contributed by atoms with van der Waals surface area (Å²) in [7, 11) is 0. The lowest BCUT2D eigenvalue weighted by molar-refractivity contribution is 0.275. The van der Waals surface area contributed by atoms with Crippen LogP contribution in [0.5, 0.6) is 0 Å². The topological polar surface area (TPSA) is 15.3 Å². The lowest BCUT2D eigenvalue weighted by Gasteiger charge is -2.20. The molecule has 106 valence electrons. The highest BCUT2D eigenvalue weighted by molar-refractivity contribution is 5.30. The van der Waals surface area contributed by atoms with Crippen molar-refractivity contribution in [2.45, 2.75) is 58.7 Å². The van der Waals surface area contributed by atoms with Crippen molar-refractivity contribution in [2.24, 2.45) is 0 Å². The second-order valence-electron chi connectivity index (χ2n) is 6.72. The Morgan fingerprint density at radius 3 is 2.21 bits per heavy atom. The van der Waals surface area contributed by atoms with Gasteiger partial charge >= 0.3 is 0 Å². The third kappa shape index (κ3) is 4.96. The van der Waals surface area contributed by atoms with E-state index in [1.54, 1.807) is 0 Å². The van der Waals surface area contributed by atoms with E-state index in [4.69, 9.17) is 0 Å². The Morgan fingerprint density at radius 2 is 1.63 bits per heavy atom. The number of hydrogen-bond donors (Lipinski definition) is 1. The molecular weight excluding hydrogens is 232 g/mol. The molecule has 0 unspecified atom stereocenters. The molecule has 19 heavy (non-hydrogen) atoms. The van der Waals surface area contributed by atoms with E-state index in [-0.39, 0.29) is 5.54 Å². The van der Waals surface area contributed by atoms with E-state index < -0.39 is 0 Å². The van der Waals surface area contributed by atoms with Crippen LogP contribution in [0.3, 0.4) is 0 Å². The first kappa shape index (κ1) is 14.5. The molecule has 0 aliphatic carbocycles. The number of nitrogens with one attached hydrogen (secondary N) is 1. The zero-order valence-electron chi connectivity index (χ0n) is 12.7. The molecule has 1 N–H and O–H groups in total. The van der Waals surface area contributed by atoms with Crippen molar-refractivity contribution in [3.05, 3.63) is 35.4 Å². The van der Waals surface area contributed by atoms with Crippen molar-refractivity contribution in [2.75, 3.05) is 13.1 Å². The van der Waals surface area contributed by atoms with Crippen LogP contribution in [0, 0.1) is 0 Å². The Hall–Kier alpha value is -0.860. The van der Waals surface area contributed by atoms with Crippen molar-refractivity contribution >= 4 is 0 Å². The van der Waals surface area contributed by atoms with Gasteiger partial charge in [0.05, 0.1) is 0 Å². The molecule has 0 saturated carbocycles. The molecule has 0 amide bonds. The van der Waals surface area contributed by atoms with Crippen molar-refractivity contribution in [1.82, 2.24) is 10.2 Å². The van der Waals surface area contributed by atoms with Gasteiger partial charge in [-0.2, -0.15) is 0 Å². The van der Waals surface area contributed by atoms with E-state index >= 15 is 0 Å². The second kappa shape index (κ2) is 6.53. The molecule has 1 aromatic rings. The minimum absolute atomic E-state index is 0.261. The highest BCUT2D eigenvalue weighted by Gasteiger charge is 2.17. The van der Waals surface area contributed by atoms with Gasteiger partial charge in [0.15, 0.2) is 0 Å². The predicted octanol–water partition coefficient (Wildman–Crippen LogP) is 3.56. The first-order valence-corrected chi connectivity index (χ1v) is 7.59. The number of nitrogens with zero attached hydrogens (tertiary/aromatic N) is 1. The summed E-state index contributed by atoms with van der Waals surface area (Å²) in [6.07, 6.45) is 3.94. The molecule has 1 aliphatic heterocycles. The van der Waals surface area contributed by atoms with E-state index in [0.29, 0.717) is 0 Å². The standard InChI is InChI=1S/C17H28N2/c1-17(2,3)18-11-7-4-8-12-19-13-15-9-5-6-10-16(15)14-19/h5-6,9-10,18H,4,7-8,11-14H2,1-3H3. The number of hydrogen-bond acceptors (Lipinski definition) is 2. The molecule has 1 aromatic carbocycles. The zero-order valence-corrected chi connectivity index (χ0v) is 12.7. The van der Waals surface area contributed by atoms with E-state index in [1.807, 2.05) is 0 Å². The zero-order chi connectivity index (χ0) is 13.7. The molecule has 1 heterocycles. The summed E-state index contributed by atoms with van der Waals surface area (Å²) in [6.45, 7) is 11.4. The molecule has 2 heteroatoms. The number of unbranched alkanes of at least 4 members (excludes halogenated alkanes) is 2. The lowest BCUT2D eigenvalue weighted by Crippen LogP contribution is -2.36. The van der Waals surface area contributed by atoms with Gasteiger partial charge in [0.1, 0.15) is 0 Å². The van der Waals surface area contributed by atoms with Crippen LogP contribution >= 0.6 is 0 Å². The highest BCUT2D eigenvalue weighted by Crippen LogP contribution is 2.22. The van der Waals surface area contributed by atoms with Gasteiger partial charge < -0.3 is 5.32 Å². The van der Waals surface area contributed by atoms with Crippen LogP contribution in [-0.2, 0) is 13.1 Å². The molecule has 0 aromatic heterocycles. The maximum absolute atomic E-state index is 3.55. The van der Waals surface area contributed by atoms with Gasteiger partial charge in [-0.05, 0) is 57.8 Å². The second-order valence-corrected chi connectivity index (χ2v) is 6.72. The maximum atomic E-state index is 3.55. The Morgan fingerprint density at radius 1 is 1.00 bits per heavy atom. The van der Waals surface area contributed by atoms with Crippen LogP contribution in [0.15, 0.2) is 24.3 Å². The number of benzene rings is 1.